The van der Waals surface area contributed by atoms with E-state index in [-0.39, 0.29) is 18.9 Å². The van der Waals surface area contributed by atoms with Crippen LogP contribution in [0.5, 0.6) is 5.75 Å². The molecule has 1 heterocycles. The predicted molar refractivity (Wildman–Crippen MR) is 172 cm³/mol. The number of carbonyl (C=O) groups excluding carboxylic acids is 3. The van der Waals surface area contributed by atoms with Gasteiger partial charge in [-0.25, -0.2) is 4.79 Å². The molecule has 0 aromatic heterocycles. The van der Waals surface area contributed by atoms with Gasteiger partial charge in [0.15, 0.2) is 0 Å². The van der Waals surface area contributed by atoms with Crippen molar-refractivity contribution in [1.82, 2.24) is 15.5 Å². The lowest BCUT2D eigenvalue weighted by molar-refractivity contribution is -0.134. The van der Waals surface area contributed by atoms with Crippen molar-refractivity contribution in [3.05, 3.63) is 138 Å². The Morgan fingerprint density at radius 3 is 1.98 bits per heavy atom. The van der Waals surface area contributed by atoms with Crippen molar-refractivity contribution in [3.63, 3.8) is 0 Å². The van der Waals surface area contributed by atoms with Crippen LogP contribution >= 0.6 is 0 Å². The van der Waals surface area contributed by atoms with Crippen LogP contribution < -0.4 is 15.4 Å². The fourth-order valence-electron chi connectivity index (χ4n) is 5.41. The third kappa shape index (κ3) is 9.78. The quantitative estimate of drug-likeness (QED) is 0.210. The number of benzene rings is 4. The largest absolute Gasteiger partial charge is 0.489 e. The van der Waals surface area contributed by atoms with Gasteiger partial charge in [-0.2, -0.15) is 0 Å². The van der Waals surface area contributed by atoms with Crippen molar-refractivity contribution < 1.29 is 23.9 Å². The Hall–Kier alpha value is -4.95. The van der Waals surface area contributed by atoms with E-state index >= 15 is 0 Å². The molecule has 1 aliphatic rings. The first kappa shape index (κ1) is 31.5. The van der Waals surface area contributed by atoms with E-state index in [2.05, 4.69) is 27.7 Å². The van der Waals surface area contributed by atoms with Gasteiger partial charge in [-0.3, -0.25) is 19.8 Å². The molecule has 4 aromatic rings. The highest BCUT2D eigenvalue weighted by Gasteiger charge is 2.33. The second kappa shape index (κ2) is 16.2. The summed E-state index contributed by atoms with van der Waals surface area (Å²) in [6, 6.07) is 35.2. The zero-order valence-corrected chi connectivity index (χ0v) is 25.3. The average molecular weight is 606 g/mol. The molecular weight excluding hydrogens is 566 g/mol. The van der Waals surface area contributed by atoms with Gasteiger partial charge >= 0.3 is 6.09 Å². The molecule has 0 bridgehead atoms. The molecule has 5 rings (SSSR count). The van der Waals surface area contributed by atoms with Gasteiger partial charge in [-0.1, -0.05) is 103 Å². The zero-order valence-electron chi connectivity index (χ0n) is 25.3. The highest BCUT2D eigenvalue weighted by Crippen LogP contribution is 2.19. The predicted octanol–water partition coefficient (Wildman–Crippen LogP) is 5.45. The lowest BCUT2D eigenvalue weighted by atomic mass is 10.0. The smallest absolute Gasteiger partial charge is 0.408 e. The molecule has 2 atom stereocenters. The van der Waals surface area contributed by atoms with Crippen molar-refractivity contribution in [2.24, 2.45) is 0 Å². The third-order valence-electron chi connectivity index (χ3n) is 7.88. The Balaban J connectivity index is 1.21. The van der Waals surface area contributed by atoms with Gasteiger partial charge < -0.3 is 14.8 Å². The normalized spacial score (nSPS) is 15.2. The maximum absolute atomic E-state index is 13.5. The van der Waals surface area contributed by atoms with E-state index in [4.69, 9.17) is 9.47 Å². The topological polar surface area (TPSA) is 97.0 Å². The van der Waals surface area contributed by atoms with Crippen LogP contribution in [-0.2, 0) is 40.4 Å². The molecule has 1 saturated heterocycles. The van der Waals surface area contributed by atoms with Gasteiger partial charge in [0.2, 0.25) is 11.8 Å². The molecule has 0 radical (unpaired) electrons. The second-order valence-electron chi connectivity index (χ2n) is 11.2. The summed E-state index contributed by atoms with van der Waals surface area (Å²) in [6.07, 6.45) is 1.81. The number of carbonyl (C=O) groups is 3. The van der Waals surface area contributed by atoms with Crippen LogP contribution in [0.1, 0.15) is 35.1 Å². The zero-order chi connectivity index (χ0) is 31.3. The van der Waals surface area contributed by atoms with Crippen LogP contribution in [0.4, 0.5) is 4.79 Å². The fraction of sp³-hybridized carbons (Fsp3) is 0.270. The Kier molecular flexibility index (Phi) is 11.3. The molecule has 2 N–H and O–H groups in total. The van der Waals surface area contributed by atoms with Crippen molar-refractivity contribution in [2.75, 3.05) is 13.1 Å². The van der Waals surface area contributed by atoms with Gasteiger partial charge in [-0.05, 0) is 60.2 Å². The number of nitrogens with one attached hydrogen (secondary N) is 2. The van der Waals surface area contributed by atoms with Gasteiger partial charge in [0, 0.05) is 13.0 Å². The minimum atomic E-state index is -1.02. The van der Waals surface area contributed by atoms with E-state index in [1.54, 1.807) is 0 Å². The Labute approximate surface area is 264 Å². The van der Waals surface area contributed by atoms with E-state index in [0.717, 1.165) is 42.6 Å². The molecule has 0 aliphatic carbocycles. The molecule has 0 spiro atoms. The molecule has 232 valence electrons. The van der Waals surface area contributed by atoms with E-state index in [0.29, 0.717) is 18.8 Å². The minimum Gasteiger partial charge on any atom is -0.489 e. The maximum atomic E-state index is 13.5. The van der Waals surface area contributed by atoms with Gasteiger partial charge in [0.1, 0.15) is 25.0 Å². The summed E-state index contributed by atoms with van der Waals surface area (Å²) in [5.74, 6) is -0.235. The molecule has 45 heavy (non-hydrogen) atoms. The van der Waals surface area contributed by atoms with Crippen molar-refractivity contribution in [2.45, 2.75) is 51.0 Å². The minimum absolute atomic E-state index is 0.0614. The summed E-state index contributed by atoms with van der Waals surface area (Å²) in [5, 5.41) is 5.27. The highest BCUT2D eigenvalue weighted by atomic mass is 16.5. The molecule has 1 aliphatic heterocycles. The van der Waals surface area contributed by atoms with Crippen molar-refractivity contribution >= 4 is 17.9 Å². The number of hydrogen-bond acceptors (Lipinski definition) is 6. The number of alkyl carbamates (subject to hydrolysis) is 1. The van der Waals surface area contributed by atoms with Crippen LogP contribution in [0, 0.1) is 0 Å². The van der Waals surface area contributed by atoms with E-state index in [1.807, 2.05) is 103 Å². The number of ether oxygens (including phenoxy) is 2. The summed E-state index contributed by atoms with van der Waals surface area (Å²) >= 11 is 0. The Morgan fingerprint density at radius 1 is 0.733 bits per heavy atom. The molecule has 8 heteroatoms. The van der Waals surface area contributed by atoms with Gasteiger partial charge in [-0.15, -0.1) is 0 Å². The molecular formula is C37H39N3O5. The number of nitrogens with zero attached hydrogens (tertiary/aromatic N) is 1. The third-order valence-corrected chi connectivity index (χ3v) is 7.88. The molecule has 1 fully saturated rings. The molecule has 0 unspecified atom stereocenters. The summed E-state index contributed by atoms with van der Waals surface area (Å²) < 4.78 is 11.3. The van der Waals surface area contributed by atoms with Crippen LogP contribution in [0.15, 0.2) is 115 Å². The number of rotatable bonds is 13. The molecule has 4 aromatic carbocycles. The first-order chi connectivity index (χ1) is 22.0. The first-order valence-corrected chi connectivity index (χ1v) is 15.4. The van der Waals surface area contributed by atoms with Gasteiger partial charge in [0.25, 0.3) is 0 Å². The van der Waals surface area contributed by atoms with Crippen LogP contribution in [0.2, 0.25) is 0 Å². The van der Waals surface area contributed by atoms with Crippen LogP contribution in [-0.4, -0.2) is 48.0 Å². The van der Waals surface area contributed by atoms with Gasteiger partial charge in [0.05, 0.1) is 6.04 Å². The van der Waals surface area contributed by atoms with Crippen molar-refractivity contribution in [3.8, 4) is 5.75 Å². The fourth-order valence-corrected chi connectivity index (χ4v) is 5.41. The highest BCUT2D eigenvalue weighted by molar-refractivity contribution is 6.01. The molecule has 8 nitrogen and oxygen atoms in total. The first-order valence-electron chi connectivity index (χ1n) is 15.4. The van der Waals surface area contributed by atoms with E-state index in [9.17, 15) is 14.4 Å². The number of amides is 3. The monoisotopic (exact) mass is 605 g/mol. The average Bonchev–Trinajstić information content (AvgIpc) is 3.56. The molecule has 3 amide bonds. The number of hydrogen-bond donors (Lipinski definition) is 2. The second-order valence-corrected chi connectivity index (χ2v) is 11.2. The summed E-state index contributed by atoms with van der Waals surface area (Å²) in [6.45, 7) is 2.02. The van der Waals surface area contributed by atoms with E-state index < -0.39 is 24.1 Å². The lowest BCUT2D eigenvalue weighted by Crippen LogP contribution is -2.53. The Morgan fingerprint density at radius 2 is 1.33 bits per heavy atom. The maximum Gasteiger partial charge on any atom is 0.408 e. The number of imide groups is 1. The SMILES string of the molecule is O=C(N[C@@H](Cc1ccc(OCc2ccccc2)cc1)C(=O)NC(=O)[C@@H]1CCCN1CCc1ccccc1)OCc1ccccc1. The number of likely N-dealkylation sites (tertiary alicyclic amines) is 1. The summed E-state index contributed by atoms with van der Waals surface area (Å²) in [4.78, 5) is 41.7. The van der Waals surface area contributed by atoms with Crippen molar-refractivity contribution in [1.29, 1.82) is 0 Å². The standard InChI is InChI=1S/C37H39N3O5/c41-35(39-36(42)34-17-10-23-40(34)24-22-28-11-4-1-5-12-28)33(38-37(43)45-27-31-15-8-3-9-16-31)25-29-18-20-32(21-19-29)44-26-30-13-6-2-7-14-30/h1-9,11-16,18-21,33-34H,10,17,22-27H2,(H,38,43)(H,39,41,42)/t33-,34-/m0/s1. The summed E-state index contributed by atoms with van der Waals surface area (Å²) in [5.41, 5.74) is 3.88. The Bertz CT molecular complexity index is 1510. The summed E-state index contributed by atoms with van der Waals surface area (Å²) in [7, 11) is 0. The van der Waals surface area contributed by atoms with E-state index in [1.165, 1.54) is 5.56 Å². The molecule has 0 saturated carbocycles. The lowest BCUT2D eigenvalue weighted by Gasteiger charge is -2.24. The van der Waals surface area contributed by atoms with Crippen LogP contribution in [0.3, 0.4) is 0 Å². The van der Waals surface area contributed by atoms with Crippen LogP contribution in [0.25, 0.3) is 0 Å².